The van der Waals surface area contributed by atoms with Crippen molar-refractivity contribution in [3.05, 3.63) is 95.6 Å². The Labute approximate surface area is 165 Å². The second kappa shape index (κ2) is 8.71. The van der Waals surface area contributed by atoms with Crippen LogP contribution in [0.1, 0.15) is 28.4 Å². The maximum atomic E-state index is 12.6. The molecule has 3 rings (SSSR count). The van der Waals surface area contributed by atoms with Crippen molar-refractivity contribution >= 4 is 21.6 Å². The van der Waals surface area contributed by atoms with Gasteiger partial charge in [-0.3, -0.25) is 9.52 Å². The lowest BCUT2D eigenvalue weighted by molar-refractivity contribution is 0.0951. The number of sulfonamides is 1. The van der Waals surface area contributed by atoms with Crippen LogP contribution in [0.5, 0.6) is 0 Å². The van der Waals surface area contributed by atoms with Gasteiger partial charge in [0.1, 0.15) is 0 Å². The third-order valence-electron chi connectivity index (χ3n) is 4.31. The van der Waals surface area contributed by atoms with Gasteiger partial charge in [-0.15, -0.1) is 0 Å². The fourth-order valence-corrected chi connectivity index (χ4v) is 3.77. The predicted octanol–water partition coefficient (Wildman–Crippen LogP) is 3.98. The quantitative estimate of drug-likeness (QED) is 0.636. The average molecular weight is 394 g/mol. The zero-order valence-electron chi connectivity index (χ0n) is 15.6. The summed E-state index contributed by atoms with van der Waals surface area (Å²) in [7, 11) is -3.72. The Balaban J connectivity index is 1.70. The molecule has 0 aliphatic rings. The summed E-state index contributed by atoms with van der Waals surface area (Å²) in [5.74, 6) is -0.266. The highest BCUT2D eigenvalue weighted by Gasteiger charge is 2.15. The molecule has 0 spiro atoms. The van der Waals surface area contributed by atoms with Gasteiger partial charge in [-0.25, -0.2) is 8.42 Å². The molecule has 5 nitrogen and oxygen atoms in total. The molecule has 0 saturated heterocycles. The van der Waals surface area contributed by atoms with Gasteiger partial charge in [0, 0.05) is 17.8 Å². The lowest BCUT2D eigenvalue weighted by atomic mass is 10.2. The summed E-state index contributed by atoms with van der Waals surface area (Å²) < 4.78 is 27.7. The van der Waals surface area contributed by atoms with Gasteiger partial charge in [-0.1, -0.05) is 55.5 Å². The molecule has 0 aromatic heterocycles. The van der Waals surface area contributed by atoms with Gasteiger partial charge in [0.15, 0.2) is 0 Å². The molecule has 0 atom stereocenters. The number of aryl methyl sites for hydroxylation is 1. The van der Waals surface area contributed by atoms with Crippen LogP contribution < -0.4 is 10.0 Å². The van der Waals surface area contributed by atoms with Gasteiger partial charge >= 0.3 is 0 Å². The fourth-order valence-electron chi connectivity index (χ4n) is 2.72. The van der Waals surface area contributed by atoms with Crippen LogP contribution in [0.15, 0.2) is 83.8 Å². The number of carbonyl (C=O) groups excluding carboxylic acids is 1. The summed E-state index contributed by atoms with van der Waals surface area (Å²) in [5.41, 5.74) is 2.78. The summed E-state index contributed by atoms with van der Waals surface area (Å²) in [5, 5.41) is 2.83. The normalized spacial score (nSPS) is 11.0. The number of amides is 1. The highest BCUT2D eigenvalue weighted by Crippen LogP contribution is 2.18. The van der Waals surface area contributed by atoms with Gasteiger partial charge in [-0.2, -0.15) is 0 Å². The van der Waals surface area contributed by atoms with Crippen LogP contribution in [-0.2, 0) is 23.0 Å². The van der Waals surface area contributed by atoms with E-state index < -0.39 is 10.0 Å². The van der Waals surface area contributed by atoms with Gasteiger partial charge < -0.3 is 5.32 Å². The van der Waals surface area contributed by atoms with E-state index in [1.54, 1.807) is 42.5 Å². The van der Waals surface area contributed by atoms with Crippen LogP contribution in [-0.4, -0.2) is 14.3 Å². The van der Waals surface area contributed by atoms with Crippen molar-refractivity contribution < 1.29 is 13.2 Å². The first kappa shape index (κ1) is 19.6. The van der Waals surface area contributed by atoms with Crippen molar-refractivity contribution in [2.75, 3.05) is 4.72 Å². The second-order valence-corrected chi connectivity index (χ2v) is 8.03. The Morgan fingerprint density at radius 2 is 1.57 bits per heavy atom. The molecule has 3 aromatic rings. The summed E-state index contributed by atoms with van der Waals surface area (Å²) in [6.45, 7) is 2.41. The SMILES string of the molecule is CCc1ccc(S(=O)(=O)Nc2cccc(C(=O)NCc3ccccc3)c2)cc1. The van der Waals surface area contributed by atoms with E-state index in [1.807, 2.05) is 37.3 Å². The Morgan fingerprint density at radius 1 is 0.857 bits per heavy atom. The van der Waals surface area contributed by atoms with E-state index in [0.717, 1.165) is 17.5 Å². The maximum Gasteiger partial charge on any atom is 0.261 e. The lowest BCUT2D eigenvalue weighted by Crippen LogP contribution is -2.23. The molecule has 0 aliphatic heterocycles. The van der Waals surface area contributed by atoms with E-state index in [0.29, 0.717) is 17.8 Å². The van der Waals surface area contributed by atoms with Crippen LogP contribution >= 0.6 is 0 Å². The first-order chi connectivity index (χ1) is 13.5. The Bertz CT molecular complexity index is 1050. The van der Waals surface area contributed by atoms with Crippen molar-refractivity contribution in [1.29, 1.82) is 0 Å². The molecule has 0 saturated carbocycles. The number of nitrogens with one attached hydrogen (secondary N) is 2. The number of anilines is 1. The first-order valence-corrected chi connectivity index (χ1v) is 10.5. The van der Waals surface area contributed by atoms with Gasteiger partial charge in [0.25, 0.3) is 15.9 Å². The largest absolute Gasteiger partial charge is 0.348 e. The molecule has 0 unspecified atom stereocenters. The number of benzene rings is 3. The van der Waals surface area contributed by atoms with Crippen LogP contribution in [0.4, 0.5) is 5.69 Å². The molecule has 0 radical (unpaired) electrons. The third kappa shape index (κ3) is 4.98. The monoisotopic (exact) mass is 394 g/mol. The summed E-state index contributed by atoms with van der Waals surface area (Å²) in [6, 6.07) is 22.8. The van der Waals surface area contributed by atoms with Crippen molar-refractivity contribution in [3.63, 3.8) is 0 Å². The van der Waals surface area contributed by atoms with Crippen LogP contribution in [0.2, 0.25) is 0 Å². The minimum Gasteiger partial charge on any atom is -0.348 e. The van der Waals surface area contributed by atoms with E-state index >= 15 is 0 Å². The Kier molecular flexibility index (Phi) is 6.11. The molecule has 3 aromatic carbocycles. The third-order valence-corrected chi connectivity index (χ3v) is 5.71. The van der Waals surface area contributed by atoms with Gasteiger partial charge in [-0.05, 0) is 47.9 Å². The highest BCUT2D eigenvalue weighted by molar-refractivity contribution is 7.92. The lowest BCUT2D eigenvalue weighted by Gasteiger charge is -2.10. The maximum absolute atomic E-state index is 12.6. The Hall–Kier alpha value is -3.12. The topological polar surface area (TPSA) is 75.3 Å². The molecular weight excluding hydrogens is 372 g/mol. The highest BCUT2D eigenvalue weighted by atomic mass is 32.2. The van der Waals surface area contributed by atoms with Gasteiger partial charge in [0.05, 0.1) is 4.90 Å². The smallest absolute Gasteiger partial charge is 0.261 e. The second-order valence-electron chi connectivity index (χ2n) is 6.35. The fraction of sp³-hybridized carbons (Fsp3) is 0.136. The molecule has 1 amide bonds. The molecule has 0 fully saturated rings. The van der Waals surface area contributed by atoms with E-state index in [4.69, 9.17) is 0 Å². The van der Waals surface area contributed by atoms with E-state index in [1.165, 1.54) is 6.07 Å². The van der Waals surface area contributed by atoms with Crippen LogP contribution in [0, 0.1) is 0 Å². The van der Waals surface area contributed by atoms with Crippen molar-refractivity contribution in [3.8, 4) is 0 Å². The van der Waals surface area contributed by atoms with Gasteiger partial charge in [0.2, 0.25) is 0 Å². The van der Waals surface area contributed by atoms with Crippen molar-refractivity contribution in [2.45, 2.75) is 24.8 Å². The summed E-state index contributed by atoms with van der Waals surface area (Å²) in [6.07, 6.45) is 0.841. The first-order valence-electron chi connectivity index (χ1n) is 9.02. The number of hydrogen-bond acceptors (Lipinski definition) is 3. The molecule has 0 heterocycles. The molecule has 6 heteroatoms. The zero-order chi connectivity index (χ0) is 20.0. The standard InChI is InChI=1S/C22H22N2O3S/c1-2-17-11-13-21(14-12-17)28(26,27)24-20-10-6-9-19(15-20)22(25)23-16-18-7-4-3-5-8-18/h3-15,24H,2,16H2,1H3,(H,23,25). The van der Waals surface area contributed by atoms with Crippen LogP contribution in [0.3, 0.4) is 0 Å². The zero-order valence-corrected chi connectivity index (χ0v) is 16.4. The van der Waals surface area contributed by atoms with Crippen LogP contribution in [0.25, 0.3) is 0 Å². The number of hydrogen-bond donors (Lipinski definition) is 2. The van der Waals surface area contributed by atoms with E-state index in [2.05, 4.69) is 10.0 Å². The van der Waals surface area contributed by atoms with E-state index in [-0.39, 0.29) is 10.8 Å². The number of rotatable bonds is 7. The minimum absolute atomic E-state index is 0.184. The molecule has 28 heavy (non-hydrogen) atoms. The minimum atomic E-state index is -3.72. The molecule has 0 aliphatic carbocycles. The summed E-state index contributed by atoms with van der Waals surface area (Å²) in [4.78, 5) is 12.6. The van der Waals surface area contributed by atoms with Crippen molar-refractivity contribution in [2.24, 2.45) is 0 Å². The molecular formula is C22H22N2O3S. The molecule has 2 N–H and O–H groups in total. The Morgan fingerprint density at radius 3 is 2.25 bits per heavy atom. The predicted molar refractivity (Wildman–Crippen MR) is 111 cm³/mol. The van der Waals surface area contributed by atoms with E-state index in [9.17, 15) is 13.2 Å². The summed E-state index contributed by atoms with van der Waals surface area (Å²) >= 11 is 0. The molecule has 0 bridgehead atoms. The molecule has 144 valence electrons. The number of carbonyl (C=O) groups is 1. The van der Waals surface area contributed by atoms with Crippen molar-refractivity contribution in [1.82, 2.24) is 5.32 Å². The average Bonchev–Trinajstić information content (AvgIpc) is 2.72.